The molecular formula is C16H25NO5S. The number of ether oxygens (including phenoxy) is 2. The van der Waals surface area contributed by atoms with Gasteiger partial charge >= 0.3 is 0 Å². The molecule has 2 atom stereocenters. The fourth-order valence-electron chi connectivity index (χ4n) is 2.78. The number of benzene rings is 1. The summed E-state index contributed by atoms with van der Waals surface area (Å²) in [7, 11) is 0.546. The van der Waals surface area contributed by atoms with Crippen LogP contribution in [0.4, 0.5) is 0 Å². The van der Waals surface area contributed by atoms with Gasteiger partial charge in [0.15, 0.2) is 9.84 Å². The summed E-state index contributed by atoms with van der Waals surface area (Å²) in [6.45, 7) is 0.955. The second kappa shape index (κ2) is 8.10. The molecule has 0 radical (unpaired) electrons. The first-order valence-electron chi connectivity index (χ1n) is 7.69. The van der Waals surface area contributed by atoms with Crippen molar-refractivity contribution >= 4 is 9.84 Å². The van der Waals surface area contributed by atoms with Gasteiger partial charge in [-0.05, 0) is 19.5 Å². The van der Waals surface area contributed by atoms with Crippen molar-refractivity contribution in [2.24, 2.45) is 0 Å². The summed E-state index contributed by atoms with van der Waals surface area (Å²) in [5.41, 5.74) is 0.928. The lowest BCUT2D eigenvalue weighted by atomic mass is 10.2. The first-order valence-corrected chi connectivity index (χ1v) is 9.52. The average molecular weight is 343 g/mol. The Labute approximate surface area is 137 Å². The molecule has 0 aliphatic carbocycles. The van der Waals surface area contributed by atoms with E-state index in [2.05, 4.69) is 0 Å². The molecule has 23 heavy (non-hydrogen) atoms. The zero-order valence-corrected chi connectivity index (χ0v) is 14.5. The van der Waals surface area contributed by atoms with Gasteiger partial charge in [0.1, 0.15) is 5.75 Å². The van der Waals surface area contributed by atoms with Crippen LogP contribution in [0.15, 0.2) is 24.3 Å². The Balaban J connectivity index is 1.74. The summed E-state index contributed by atoms with van der Waals surface area (Å²) in [5.74, 6) is 1.18. The normalized spacial score (nSPS) is 21.5. The van der Waals surface area contributed by atoms with Gasteiger partial charge in [0.25, 0.3) is 0 Å². The number of hydrogen-bond donors (Lipinski definition) is 1. The Morgan fingerprint density at radius 2 is 2.13 bits per heavy atom. The molecule has 0 spiro atoms. The monoisotopic (exact) mass is 343 g/mol. The third-order valence-corrected chi connectivity index (χ3v) is 5.84. The van der Waals surface area contributed by atoms with Crippen molar-refractivity contribution in [3.63, 3.8) is 0 Å². The van der Waals surface area contributed by atoms with Crippen molar-refractivity contribution in [2.45, 2.75) is 25.2 Å². The van der Waals surface area contributed by atoms with Gasteiger partial charge in [-0.1, -0.05) is 18.2 Å². The maximum atomic E-state index is 11.5. The molecule has 6 nitrogen and oxygen atoms in total. The molecule has 0 saturated carbocycles. The highest BCUT2D eigenvalue weighted by atomic mass is 32.2. The van der Waals surface area contributed by atoms with Crippen LogP contribution in [-0.4, -0.2) is 69.4 Å². The number of nitrogens with zero attached hydrogens (tertiary/aromatic N) is 1. The van der Waals surface area contributed by atoms with Crippen LogP contribution < -0.4 is 4.74 Å². The largest absolute Gasteiger partial charge is 0.496 e. The third kappa shape index (κ3) is 5.46. The molecule has 0 amide bonds. The van der Waals surface area contributed by atoms with E-state index >= 15 is 0 Å². The lowest BCUT2D eigenvalue weighted by molar-refractivity contribution is 0.00863. The Morgan fingerprint density at radius 3 is 2.78 bits per heavy atom. The quantitative estimate of drug-likeness (QED) is 0.748. The van der Waals surface area contributed by atoms with Crippen LogP contribution in [0.25, 0.3) is 0 Å². The van der Waals surface area contributed by atoms with Crippen molar-refractivity contribution in [1.29, 1.82) is 0 Å². The Hall–Kier alpha value is -1.15. The molecule has 1 N–H and O–H groups in total. The molecule has 7 heteroatoms. The minimum atomic E-state index is -2.91. The lowest BCUT2D eigenvalue weighted by Gasteiger charge is -2.25. The van der Waals surface area contributed by atoms with Crippen LogP contribution in [-0.2, 0) is 21.2 Å². The first kappa shape index (κ1) is 18.2. The minimum absolute atomic E-state index is 0.0103. The SMILES string of the molecule is COc1ccccc1COC[C@H](O)CN(C)[C@@H]1CCS(=O)(=O)C1. The van der Waals surface area contributed by atoms with E-state index in [0.29, 0.717) is 19.6 Å². The van der Waals surface area contributed by atoms with Crippen molar-refractivity contribution in [1.82, 2.24) is 4.90 Å². The van der Waals surface area contributed by atoms with E-state index in [1.165, 1.54) is 0 Å². The maximum Gasteiger partial charge on any atom is 0.151 e. The van der Waals surface area contributed by atoms with Gasteiger partial charge in [0, 0.05) is 18.2 Å². The van der Waals surface area contributed by atoms with Crippen LogP contribution >= 0.6 is 0 Å². The zero-order valence-electron chi connectivity index (χ0n) is 13.6. The van der Waals surface area contributed by atoms with E-state index in [4.69, 9.17) is 9.47 Å². The molecule has 1 aliphatic heterocycles. The van der Waals surface area contributed by atoms with Crippen molar-refractivity contribution in [2.75, 3.05) is 38.8 Å². The van der Waals surface area contributed by atoms with Gasteiger partial charge in [0.2, 0.25) is 0 Å². The first-order chi connectivity index (χ1) is 10.9. The fourth-order valence-corrected chi connectivity index (χ4v) is 4.59. The molecule has 1 heterocycles. The van der Waals surface area contributed by atoms with Crippen LogP contribution in [0.2, 0.25) is 0 Å². The molecule has 0 bridgehead atoms. The summed E-state index contributed by atoms with van der Waals surface area (Å²) in [5, 5.41) is 10.1. The van der Waals surface area contributed by atoms with E-state index in [1.54, 1.807) is 7.11 Å². The Morgan fingerprint density at radius 1 is 1.39 bits per heavy atom. The van der Waals surface area contributed by atoms with E-state index in [1.807, 2.05) is 36.2 Å². The number of para-hydroxylation sites is 1. The van der Waals surface area contributed by atoms with Gasteiger partial charge in [0.05, 0.1) is 37.9 Å². The molecule has 0 unspecified atom stereocenters. The zero-order chi connectivity index (χ0) is 16.9. The van der Waals surface area contributed by atoms with Crippen molar-refractivity contribution in [3.05, 3.63) is 29.8 Å². The van der Waals surface area contributed by atoms with E-state index < -0.39 is 15.9 Å². The molecule has 0 aromatic heterocycles. The van der Waals surface area contributed by atoms with Gasteiger partial charge < -0.3 is 14.6 Å². The second-order valence-corrected chi connectivity index (χ2v) is 8.21. The van der Waals surface area contributed by atoms with Gasteiger partial charge in [-0.3, -0.25) is 4.90 Å². The van der Waals surface area contributed by atoms with Crippen LogP contribution in [0.1, 0.15) is 12.0 Å². The molecule has 130 valence electrons. The molecular weight excluding hydrogens is 318 g/mol. The summed E-state index contributed by atoms with van der Waals surface area (Å²) in [6, 6.07) is 7.57. The standard InChI is InChI=1S/C16H25NO5S/c1-17(14-7-8-23(19,20)12-14)9-15(18)11-22-10-13-5-3-4-6-16(13)21-2/h3-6,14-15,18H,7-12H2,1-2H3/t14-,15-/m1/s1. The second-order valence-electron chi connectivity index (χ2n) is 5.98. The number of likely N-dealkylation sites (N-methyl/N-ethyl adjacent to an activating group) is 1. The Bertz CT molecular complexity index is 604. The van der Waals surface area contributed by atoms with Gasteiger partial charge in [-0.2, -0.15) is 0 Å². The summed E-state index contributed by atoms with van der Waals surface area (Å²) in [4.78, 5) is 1.90. The van der Waals surface area contributed by atoms with E-state index in [9.17, 15) is 13.5 Å². The van der Waals surface area contributed by atoms with E-state index in [0.717, 1.165) is 11.3 Å². The topological polar surface area (TPSA) is 76.1 Å². The Kier molecular flexibility index (Phi) is 6.41. The average Bonchev–Trinajstić information content (AvgIpc) is 2.88. The number of aliphatic hydroxyl groups is 1. The van der Waals surface area contributed by atoms with Gasteiger partial charge in [-0.25, -0.2) is 8.42 Å². The molecule has 1 aliphatic rings. The highest BCUT2D eigenvalue weighted by Crippen LogP contribution is 2.19. The molecule has 1 saturated heterocycles. The van der Waals surface area contributed by atoms with E-state index in [-0.39, 0.29) is 24.2 Å². The fraction of sp³-hybridized carbons (Fsp3) is 0.625. The third-order valence-electron chi connectivity index (χ3n) is 4.09. The predicted molar refractivity (Wildman–Crippen MR) is 88.3 cm³/mol. The summed E-state index contributed by atoms with van der Waals surface area (Å²) < 4.78 is 33.8. The number of sulfone groups is 1. The molecule has 1 aromatic carbocycles. The highest BCUT2D eigenvalue weighted by Gasteiger charge is 2.31. The molecule has 2 rings (SSSR count). The van der Waals surface area contributed by atoms with Crippen LogP contribution in [0.5, 0.6) is 5.75 Å². The number of aliphatic hydroxyl groups excluding tert-OH is 1. The predicted octanol–water partition coefficient (Wildman–Crippen LogP) is 0.692. The van der Waals surface area contributed by atoms with Crippen LogP contribution in [0.3, 0.4) is 0 Å². The smallest absolute Gasteiger partial charge is 0.151 e. The highest BCUT2D eigenvalue weighted by molar-refractivity contribution is 7.91. The molecule has 1 fully saturated rings. The van der Waals surface area contributed by atoms with Crippen molar-refractivity contribution < 1.29 is 23.0 Å². The summed E-state index contributed by atoms with van der Waals surface area (Å²) >= 11 is 0. The number of hydrogen-bond acceptors (Lipinski definition) is 6. The summed E-state index contributed by atoms with van der Waals surface area (Å²) in [6.07, 6.45) is -0.0221. The van der Waals surface area contributed by atoms with Gasteiger partial charge in [-0.15, -0.1) is 0 Å². The minimum Gasteiger partial charge on any atom is -0.496 e. The van der Waals surface area contributed by atoms with Crippen molar-refractivity contribution in [3.8, 4) is 5.75 Å². The van der Waals surface area contributed by atoms with Crippen LogP contribution in [0, 0.1) is 0 Å². The molecule has 1 aromatic rings. The number of rotatable bonds is 8. The number of methoxy groups -OCH3 is 1. The lowest BCUT2D eigenvalue weighted by Crippen LogP contribution is -2.39. The maximum absolute atomic E-state index is 11.5.